The van der Waals surface area contributed by atoms with E-state index in [4.69, 9.17) is 5.73 Å². The highest BCUT2D eigenvalue weighted by atomic mass is 16.2. The van der Waals surface area contributed by atoms with Crippen molar-refractivity contribution in [2.45, 2.75) is 45.2 Å². The monoisotopic (exact) mass is 271 g/mol. The number of hydrogen-bond donors (Lipinski definition) is 2. The third kappa shape index (κ3) is 2.05. The average Bonchev–Trinajstić information content (AvgIpc) is 2.81. The minimum atomic E-state index is 0.126. The average molecular weight is 271 g/mol. The summed E-state index contributed by atoms with van der Waals surface area (Å²) in [6, 6.07) is 6.26. The zero-order chi connectivity index (χ0) is 14.3. The van der Waals surface area contributed by atoms with E-state index in [1.165, 1.54) is 6.42 Å². The zero-order valence-corrected chi connectivity index (χ0v) is 12.0. The smallest absolute Gasteiger partial charge is 0.256 e. The van der Waals surface area contributed by atoms with Crippen molar-refractivity contribution in [3.63, 3.8) is 0 Å². The molecule has 0 aliphatic carbocycles. The number of rotatable bonds is 1. The lowest BCUT2D eigenvalue weighted by atomic mass is 9.96. The zero-order valence-electron chi connectivity index (χ0n) is 12.0. The minimum absolute atomic E-state index is 0.126. The molecule has 3 N–H and O–H groups in total. The van der Waals surface area contributed by atoms with Crippen LogP contribution in [0, 0.1) is 0 Å². The molecule has 1 amide bonds. The summed E-state index contributed by atoms with van der Waals surface area (Å²) in [6.07, 6.45) is 5.19. The van der Waals surface area contributed by atoms with Crippen molar-refractivity contribution in [1.29, 1.82) is 0 Å². The Balaban J connectivity index is 1.99. The molecule has 1 aliphatic heterocycles. The second-order valence-corrected chi connectivity index (χ2v) is 5.85. The number of piperidine rings is 1. The number of nitrogens with zero attached hydrogens (tertiary/aromatic N) is 1. The fourth-order valence-electron chi connectivity index (χ4n) is 3.28. The third-order valence-electron chi connectivity index (χ3n) is 4.36. The van der Waals surface area contributed by atoms with Gasteiger partial charge >= 0.3 is 0 Å². The number of nitrogen functional groups attached to an aromatic ring is 1. The van der Waals surface area contributed by atoms with Gasteiger partial charge in [0.05, 0.1) is 5.56 Å². The number of aromatic nitrogens is 1. The number of nitrogens with two attached hydrogens (primary N) is 1. The molecule has 1 aliphatic rings. The molecular formula is C16H21N3O. The lowest BCUT2D eigenvalue weighted by Gasteiger charge is -2.39. The number of nitrogens with one attached hydrogen (secondary N) is 1. The van der Waals surface area contributed by atoms with Crippen molar-refractivity contribution in [1.82, 2.24) is 9.88 Å². The second-order valence-electron chi connectivity index (χ2n) is 5.85. The molecule has 106 valence electrons. The van der Waals surface area contributed by atoms with E-state index < -0.39 is 0 Å². The number of hydrogen-bond acceptors (Lipinski definition) is 2. The molecule has 1 aromatic carbocycles. The Hall–Kier alpha value is -1.97. The SMILES string of the molecule is CC1CCCC(C)N1C(=O)c1c[nH]c2cc(N)ccc12. The van der Waals surface area contributed by atoms with Crippen LogP contribution in [0.5, 0.6) is 0 Å². The number of carbonyl (C=O) groups is 1. The molecule has 20 heavy (non-hydrogen) atoms. The predicted molar refractivity (Wildman–Crippen MR) is 81.7 cm³/mol. The number of H-pyrrole nitrogens is 1. The summed E-state index contributed by atoms with van der Waals surface area (Å²) < 4.78 is 0. The second kappa shape index (κ2) is 4.85. The molecule has 2 heterocycles. The van der Waals surface area contributed by atoms with Crippen LogP contribution >= 0.6 is 0 Å². The Morgan fingerprint density at radius 2 is 2.00 bits per heavy atom. The Kier molecular flexibility index (Phi) is 3.16. The topological polar surface area (TPSA) is 62.1 Å². The van der Waals surface area contributed by atoms with Crippen LogP contribution in [-0.4, -0.2) is 27.9 Å². The van der Waals surface area contributed by atoms with E-state index in [0.29, 0.717) is 17.8 Å². The molecule has 0 spiro atoms. The van der Waals surface area contributed by atoms with Crippen LogP contribution in [0.1, 0.15) is 43.5 Å². The van der Waals surface area contributed by atoms with Gasteiger partial charge < -0.3 is 15.6 Å². The largest absolute Gasteiger partial charge is 0.399 e. The lowest BCUT2D eigenvalue weighted by molar-refractivity contribution is 0.0513. The molecule has 0 saturated carbocycles. The highest BCUT2D eigenvalue weighted by molar-refractivity contribution is 6.07. The summed E-state index contributed by atoms with van der Waals surface area (Å²) in [6.45, 7) is 4.28. The normalized spacial score (nSPS) is 23.2. The molecule has 3 rings (SSSR count). The lowest BCUT2D eigenvalue weighted by Crippen LogP contribution is -2.47. The number of fused-ring (bicyclic) bond motifs is 1. The molecule has 0 bridgehead atoms. The van der Waals surface area contributed by atoms with Gasteiger partial charge in [-0.3, -0.25) is 4.79 Å². The van der Waals surface area contributed by atoms with Gasteiger partial charge in [0, 0.05) is 34.9 Å². The maximum atomic E-state index is 12.9. The van der Waals surface area contributed by atoms with Crippen LogP contribution in [0.4, 0.5) is 5.69 Å². The molecule has 4 nitrogen and oxygen atoms in total. The highest BCUT2D eigenvalue weighted by Crippen LogP contribution is 2.28. The van der Waals surface area contributed by atoms with Crippen LogP contribution < -0.4 is 5.73 Å². The van der Waals surface area contributed by atoms with Gasteiger partial charge in [-0.2, -0.15) is 0 Å². The van der Waals surface area contributed by atoms with Crippen LogP contribution in [-0.2, 0) is 0 Å². The fourth-order valence-corrected chi connectivity index (χ4v) is 3.28. The number of aromatic amines is 1. The molecule has 1 aromatic heterocycles. The van der Waals surface area contributed by atoms with Gasteiger partial charge in [0.15, 0.2) is 0 Å². The van der Waals surface area contributed by atoms with Gasteiger partial charge in [-0.05, 0) is 51.3 Å². The first-order chi connectivity index (χ1) is 9.58. The van der Waals surface area contributed by atoms with E-state index in [1.807, 2.05) is 23.1 Å². The summed E-state index contributed by atoms with van der Waals surface area (Å²) >= 11 is 0. The Bertz CT molecular complexity index is 636. The van der Waals surface area contributed by atoms with Gasteiger partial charge in [0.1, 0.15) is 0 Å². The van der Waals surface area contributed by atoms with Gasteiger partial charge in [-0.15, -0.1) is 0 Å². The predicted octanol–water partition coefficient (Wildman–Crippen LogP) is 3.15. The van der Waals surface area contributed by atoms with E-state index in [2.05, 4.69) is 18.8 Å². The summed E-state index contributed by atoms with van der Waals surface area (Å²) in [5.41, 5.74) is 8.16. The Labute approximate surface area is 118 Å². The van der Waals surface area contributed by atoms with Gasteiger partial charge in [0.25, 0.3) is 5.91 Å². The first-order valence-electron chi connectivity index (χ1n) is 7.27. The Morgan fingerprint density at radius 3 is 2.70 bits per heavy atom. The van der Waals surface area contributed by atoms with Crippen molar-refractivity contribution in [2.75, 3.05) is 5.73 Å². The molecule has 0 radical (unpaired) electrons. The number of amides is 1. The molecule has 1 fully saturated rings. The van der Waals surface area contributed by atoms with Crippen molar-refractivity contribution >= 4 is 22.5 Å². The molecule has 2 unspecified atom stereocenters. The molecule has 4 heteroatoms. The number of likely N-dealkylation sites (tertiary alicyclic amines) is 1. The van der Waals surface area contributed by atoms with Gasteiger partial charge in [-0.1, -0.05) is 0 Å². The Morgan fingerprint density at radius 1 is 1.30 bits per heavy atom. The third-order valence-corrected chi connectivity index (χ3v) is 4.36. The maximum Gasteiger partial charge on any atom is 0.256 e. The van der Waals surface area contributed by atoms with Crippen molar-refractivity contribution in [3.05, 3.63) is 30.0 Å². The van der Waals surface area contributed by atoms with Crippen LogP contribution in [0.15, 0.2) is 24.4 Å². The van der Waals surface area contributed by atoms with Crippen molar-refractivity contribution in [2.24, 2.45) is 0 Å². The number of carbonyl (C=O) groups excluding carboxylic acids is 1. The standard InChI is InChI=1S/C16H21N3O/c1-10-4-3-5-11(2)19(10)16(20)14-9-18-15-8-12(17)6-7-13(14)15/h6-11,18H,3-5,17H2,1-2H3. The summed E-state index contributed by atoms with van der Waals surface area (Å²) in [5.74, 6) is 0.126. The van der Waals surface area contributed by atoms with E-state index in [-0.39, 0.29) is 5.91 Å². The van der Waals surface area contributed by atoms with Gasteiger partial charge in [0.2, 0.25) is 0 Å². The van der Waals surface area contributed by atoms with E-state index in [9.17, 15) is 4.79 Å². The van der Waals surface area contributed by atoms with E-state index in [0.717, 1.165) is 29.3 Å². The molecular weight excluding hydrogens is 250 g/mol. The van der Waals surface area contributed by atoms with Crippen molar-refractivity contribution < 1.29 is 4.79 Å². The van der Waals surface area contributed by atoms with E-state index >= 15 is 0 Å². The quantitative estimate of drug-likeness (QED) is 0.783. The van der Waals surface area contributed by atoms with E-state index in [1.54, 1.807) is 6.20 Å². The molecule has 2 aromatic rings. The fraction of sp³-hybridized carbons (Fsp3) is 0.438. The van der Waals surface area contributed by atoms with Crippen LogP contribution in [0.25, 0.3) is 10.9 Å². The maximum absolute atomic E-state index is 12.9. The van der Waals surface area contributed by atoms with Gasteiger partial charge in [-0.25, -0.2) is 0 Å². The molecule has 1 saturated heterocycles. The summed E-state index contributed by atoms with van der Waals surface area (Å²) in [5, 5.41) is 0.953. The first-order valence-corrected chi connectivity index (χ1v) is 7.27. The molecule has 2 atom stereocenters. The minimum Gasteiger partial charge on any atom is -0.399 e. The summed E-state index contributed by atoms with van der Waals surface area (Å²) in [4.78, 5) is 18.0. The number of anilines is 1. The van der Waals surface area contributed by atoms with Crippen LogP contribution in [0.2, 0.25) is 0 Å². The first kappa shape index (κ1) is 13.0. The summed E-state index contributed by atoms with van der Waals surface area (Å²) in [7, 11) is 0. The van der Waals surface area contributed by atoms with Crippen molar-refractivity contribution in [3.8, 4) is 0 Å². The highest BCUT2D eigenvalue weighted by Gasteiger charge is 2.30. The van der Waals surface area contributed by atoms with Crippen LogP contribution in [0.3, 0.4) is 0 Å². The number of benzene rings is 1.